The third-order valence-corrected chi connectivity index (χ3v) is 3.92. The summed E-state index contributed by atoms with van der Waals surface area (Å²) in [6, 6.07) is 7.44. The van der Waals surface area contributed by atoms with Gasteiger partial charge in [-0.05, 0) is 36.8 Å². The largest absolute Gasteiger partial charge is 0.493 e. The number of hydrogen-bond donors (Lipinski definition) is 0. The SMILES string of the molecule is COc1cc(Br)c(C(Cl)c2ccc(C)o2)cc1OC. The number of rotatable bonds is 4. The van der Waals surface area contributed by atoms with Gasteiger partial charge in [0.1, 0.15) is 16.9 Å². The number of alkyl halides is 1. The van der Waals surface area contributed by atoms with Crippen LogP contribution in [-0.2, 0) is 0 Å². The van der Waals surface area contributed by atoms with Crippen molar-refractivity contribution >= 4 is 27.5 Å². The summed E-state index contributed by atoms with van der Waals surface area (Å²) in [6.45, 7) is 1.89. The molecule has 1 heterocycles. The van der Waals surface area contributed by atoms with Crippen LogP contribution in [0.2, 0.25) is 0 Å². The number of hydrogen-bond acceptors (Lipinski definition) is 3. The van der Waals surface area contributed by atoms with Gasteiger partial charge in [0.15, 0.2) is 11.5 Å². The molecule has 0 amide bonds. The summed E-state index contributed by atoms with van der Waals surface area (Å²) < 4.78 is 16.9. The first-order chi connectivity index (χ1) is 9.06. The van der Waals surface area contributed by atoms with Crippen molar-refractivity contribution in [1.82, 2.24) is 0 Å². The van der Waals surface area contributed by atoms with Crippen molar-refractivity contribution in [2.24, 2.45) is 0 Å². The van der Waals surface area contributed by atoms with Crippen LogP contribution in [-0.4, -0.2) is 14.2 Å². The van der Waals surface area contributed by atoms with E-state index in [4.69, 9.17) is 25.5 Å². The van der Waals surface area contributed by atoms with Crippen molar-refractivity contribution in [1.29, 1.82) is 0 Å². The second kappa shape index (κ2) is 5.88. The van der Waals surface area contributed by atoms with Crippen molar-refractivity contribution in [3.05, 3.63) is 45.8 Å². The van der Waals surface area contributed by atoms with Crippen molar-refractivity contribution in [2.45, 2.75) is 12.3 Å². The first kappa shape index (κ1) is 14.3. The molecule has 0 bridgehead atoms. The van der Waals surface area contributed by atoms with Gasteiger partial charge in [-0.3, -0.25) is 0 Å². The average molecular weight is 346 g/mol. The molecule has 1 aromatic heterocycles. The van der Waals surface area contributed by atoms with Gasteiger partial charge in [-0.1, -0.05) is 15.9 Å². The molecule has 0 fully saturated rings. The smallest absolute Gasteiger partial charge is 0.161 e. The molecular weight excluding hydrogens is 332 g/mol. The van der Waals surface area contributed by atoms with Crippen LogP contribution in [0.5, 0.6) is 11.5 Å². The van der Waals surface area contributed by atoms with E-state index in [0.29, 0.717) is 17.3 Å². The predicted molar refractivity (Wildman–Crippen MR) is 78.4 cm³/mol. The van der Waals surface area contributed by atoms with E-state index in [-0.39, 0.29) is 5.38 Å². The molecular formula is C14H14BrClO3. The van der Waals surface area contributed by atoms with Gasteiger partial charge in [0.05, 0.1) is 14.2 Å². The number of ether oxygens (including phenoxy) is 2. The fourth-order valence-corrected chi connectivity index (χ4v) is 2.79. The van der Waals surface area contributed by atoms with E-state index in [2.05, 4.69) is 15.9 Å². The van der Waals surface area contributed by atoms with Crippen LogP contribution < -0.4 is 9.47 Å². The molecule has 0 N–H and O–H groups in total. The number of benzene rings is 1. The fraction of sp³-hybridized carbons (Fsp3) is 0.286. The lowest BCUT2D eigenvalue weighted by Crippen LogP contribution is -1.97. The van der Waals surface area contributed by atoms with Gasteiger partial charge >= 0.3 is 0 Å². The standard InChI is InChI=1S/C14H14BrClO3/c1-8-4-5-11(19-8)14(16)9-6-12(17-2)13(18-3)7-10(9)15/h4-7,14H,1-3H3. The van der Waals surface area contributed by atoms with Gasteiger partial charge < -0.3 is 13.9 Å². The zero-order valence-corrected chi connectivity index (χ0v) is 13.2. The highest BCUT2D eigenvalue weighted by Gasteiger charge is 2.20. The van der Waals surface area contributed by atoms with Crippen LogP contribution in [0.4, 0.5) is 0 Å². The van der Waals surface area contributed by atoms with Crippen LogP contribution in [0.25, 0.3) is 0 Å². The van der Waals surface area contributed by atoms with Crippen LogP contribution in [0.15, 0.2) is 33.2 Å². The van der Waals surface area contributed by atoms with Gasteiger partial charge in [0.25, 0.3) is 0 Å². The first-order valence-electron chi connectivity index (χ1n) is 5.68. The van der Waals surface area contributed by atoms with Crippen LogP contribution in [0, 0.1) is 6.92 Å². The minimum absolute atomic E-state index is 0.386. The predicted octanol–water partition coefficient (Wildman–Crippen LogP) is 4.70. The molecule has 5 heteroatoms. The lowest BCUT2D eigenvalue weighted by Gasteiger charge is -2.14. The van der Waals surface area contributed by atoms with Gasteiger partial charge in [-0.15, -0.1) is 11.6 Å². The highest BCUT2D eigenvalue weighted by molar-refractivity contribution is 9.10. The number of furan rings is 1. The Balaban J connectivity index is 2.44. The molecule has 19 heavy (non-hydrogen) atoms. The second-order valence-corrected chi connectivity index (χ2v) is 5.33. The van der Waals surface area contributed by atoms with E-state index >= 15 is 0 Å². The van der Waals surface area contributed by atoms with Gasteiger partial charge in [-0.2, -0.15) is 0 Å². The Morgan fingerprint density at radius 3 is 2.32 bits per heavy atom. The van der Waals surface area contributed by atoms with Crippen LogP contribution >= 0.6 is 27.5 Å². The van der Waals surface area contributed by atoms with Crippen molar-refractivity contribution in [3.63, 3.8) is 0 Å². The Hall–Kier alpha value is -1.13. The molecule has 2 aromatic rings. The van der Waals surface area contributed by atoms with E-state index in [9.17, 15) is 0 Å². The molecule has 3 nitrogen and oxygen atoms in total. The minimum atomic E-state index is -0.386. The van der Waals surface area contributed by atoms with Gasteiger partial charge in [0.2, 0.25) is 0 Å². The molecule has 0 aliphatic rings. The maximum Gasteiger partial charge on any atom is 0.161 e. The summed E-state index contributed by atoms with van der Waals surface area (Å²) in [7, 11) is 3.19. The number of methoxy groups -OCH3 is 2. The molecule has 0 saturated carbocycles. The molecule has 0 radical (unpaired) electrons. The zero-order valence-electron chi connectivity index (χ0n) is 10.9. The normalized spacial score (nSPS) is 12.3. The van der Waals surface area contributed by atoms with Crippen LogP contribution in [0.3, 0.4) is 0 Å². The molecule has 0 aliphatic heterocycles. The Morgan fingerprint density at radius 2 is 1.79 bits per heavy atom. The average Bonchev–Trinajstić information content (AvgIpc) is 2.84. The maximum atomic E-state index is 6.45. The lowest BCUT2D eigenvalue weighted by atomic mass is 10.1. The number of aryl methyl sites for hydroxylation is 1. The number of halogens is 2. The summed E-state index contributed by atoms with van der Waals surface area (Å²) in [5, 5.41) is -0.386. The summed E-state index contributed by atoms with van der Waals surface area (Å²) >= 11 is 9.95. The molecule has 2 rings (SSSR count). The Labute approximate surface area is 125 Å². The van der Waals surface area contributed by atoms with E-state index < -0.39 is 0 Å². The van der Waals surface area contributed by atoms with Crippen LogP contribution in [0.1, 0.15) is 22.5 Å². The Morgan fingerprint density at radius 1 is 1.16 bits per heavy atom. The molecule has 1 unspecified atom stereocenters. The van der Waals surface area contributed by atoms with Crippen molar-refractivity contribution < 1.29 is 13.9 Å². The second-order valence-electron chi connectivity index (χ2n) is 4.04. The molecule has 1 atom stereocenters. The van der Waals surface area contributed by atoms with Gasteiger partial charge in [-0.25, -0.2) is 0 Å². The summed E-state index contributed by atoms with van der Waals surface area (Å²) in [5.41, 5.74) is 0.869. The maximum absolute atomic E-state index is 6.45. The molecule has 102 valence electrons. The Bertz CT molecular complexity index is 580. The fourth-order valence-electron chi connectivity index (χ4n) is 1.81. The van der Waals surface area contributed by atoms with Gasteiger partial charge in [0, 0.05) is 4.47 Å². The first-order valence-corrected chi connectivity index (χ1v) is 6.91. The lowest BCUT2D eigenvalue weighted by molar-refractivity contribution is 0.354. The van der Waals surface area contributed by atoms with E-state index in [1.54, 1.807) is 14.2 Å². The molecule has 0 saturated heterocycles. The monoisotopic (exact) mass is 344 g/mol. The minimum Gasteiger partial charge on any atom is -0.493 e. The van der Waals surface area contributed by atoms with E-state index in [0.717, 1.165) is 15.8 Å². The quantitative estimate of drug-likeness (QED) is 0.753. The summed E-state index contributed by atoms with van der Waals surface area (Å²) in [4.78, 5) is 0. The zero-order chi connectivity index (χ0) is 14.0. The highest BCUT2D eigenvalue weighted by atomic mass is 79.9. The van der Waals surface area contributed by atoms with E-state index in [1.807, 2.05) is 31.2 Å². The molecule has 0 spiro atoms. The van der Waals surface area contributed by atoms with Crippen molar-refractivity contribution in [3.8, 4) is 11.5 Å². The third kappa shape index (κ3) is 2.90. The summed E-state index contributed by atoms with van der Waals surface area (Å²) in [5.74, 6) is 2.82. The van der Waals surface area contributed by atoms with Crippen molar-refractivity contribution in [2.75, 3.05) is 14.2 Å². The topological polar surface area (TPSA) is 31.6 Å². The third-order valence-electron chi connectivity index (χ3n) is 2.79. The van der Waals surface area contributed by atoms with E-state index in [1.165, 1.54) is 0 Å². The Kier molecular flexibility index (Phi) is 4.42. The highest BCUT2D eigenvalue weighted by Crippen LogP contribution is 2.40. The molecule has 0 aliphatic carbocycles. The summed E-state index contributed by atoms with van der Waals surface area (Å²) in [6.07, 6.45) is 0. The molecule has 1 aromatic carbocycles.